The summed E-state index contributed by atoms with van der Waals surface area (Å²) in [6, 6.07) is 9.25. The standard InChI is InChI=1S/C10H12O2/c1-8(7-10(11)12)9-5-3-2-4-6-9/h2-6,8H,7H2,1H3,(H,11,12)/t8-/m1/s1/i7D,8+1/t7-,8+/m0. The first-order chi connectivity index (χ1) is 6.13. The van der Waals surface area contributed by atoms with Gasteiger partial charge in [-0.15, -0.1) is 0 Å². The van der Waals surface area contributed by atoms with Crippen LogP contribution in [0.15, 0.2) is 30.3 Å². The van der Waals surface area contributed by atoms with Crippen LogP contribution in [0.25, 0.3) is 0 Å². The first kappa shape index (κ1) is 7.35. The van der Waals surface area contributed by atoms with E-state index in [1.807, 2.05) is 30.3 Å². The molecule has 0 heterocycles. The van der Waals surface area contributed by atoms with Crippen molar-refractivity contribution in [2.45, 2.75) is 19.2 Å². The van der Waals surface area contributed by atoms with Gasteiger partial charge in [-0.25, -0.2) is 0 Å². The summed E-state index contributed by atoms with van der Waals surface area (Å²) in [4.78, 5) is 10.5. The van der Waals surface area contributed by atoms with Crippen molar-refractivity contribution in [2.24, 2.45) is 0 Å². The number of rotatable bonds is 3. The molecule has 0 unspecified atom stereocenters. The lowest BCUT2D eigenvalue weighted by molar-refractivity contribution is -0.137. The second kappa shape index (κ2) is 3.90. The molecule has 0 spiro atoms. The monoisotopic (exact) mass is 166 g/mol. The molecule has 0 aliphatic carbocycles. The molecule has 0 aliphatic rings. The molecule has 0 fully saturated rings. The van der Waals surface area contributed by atoms with Crippen molar-refractivity contribution >= 4 is 5.97 Å². The van der Waals surface area contributed by atoms with E-state index in [-0.39, 0.29) is 5.92 Å². The Morgan fingerprint density at radius 1 is 1.58 bits per heavy atom. The first-order valence-corrected chi connectivity index (χ1v) is 3.83. The maximum atomic E-state index is 10.5. The highest BCUT2D eigenvalue weighted by Gasteiger charge is 2.08. The molecular weight excluding hydrogens is 153 g/mol. The van der Waals surface area contributed by atoms with E-state index in [1.54, 1.807) is 6.92 Å². The predicted molar refractivity (Wildman–Crippen MR) is 47.1 cm³/mol. The summed E-state index contributed by atoms with van der Waals surface area (Å²) in [5.74, 6) is -1.34. The van der Waals surface area contributed by atoms with Gasteiger partial charge in [0.15, 0.2) is 0 Å². The van der Waals surface area contributed by atoms with E-state index in [0.717, 1.165) is 5.56 Å². The number of carbonyl (C=O) groups is 1. The highest BCUT2D eigenvalue weighted by Crippen LogP contribution is 2.17. The van der Waals surface area contributed by atoms with Gasteiger partial charge >= 0.3 is 5.97 Å². The topological polar surface area (TPSA) is 37.3 Å². The van der Waals surface area contributed by atoms with E-state index < -0.39 is 12.4 Å². The second-order valence-electron chi connectivity index (χ2n) is 2.70. The third-order valence-electron chi connectivity index (χ3n) is 1.72. The van der Waals surface area contributed by atoms with Crippen LogP contribution in [0.4, 0.5) is 0 Å². The van der Waals surface area contributed by atoms with Crippen LogP contribution >= 0.6 is 0 Å². The Balaban J connectivity index is 2.79. The summed E-state index contributed by atoms with van der Waals surface area (Å²) in [5.41, 5.74) is 0.893. The van der Waals surface area contributed by atoms with Crippen LogP contribution in [-0.2, 0) is 4.79 Å². The van der Waals surface area contributed by atoms with Crippen molar-refractivity contribution in [1.29, 1.82) is 0 Å². The fourth-order valence-electron chi connectivity index (χ4n) is 1.07. The molecule has 2 atom stereocenters. The SMILES string of the molecule is [2H][C@H](C(=O)O)[13C@@H](C)c1ccccc1. The maximum Gasteiger partial charge on any atom is 0.303 e. The number of carboxylic acids is 1. The first-order valence-electron chi connectivity index (χ1n) is 4.40. The van der Waals surface area contributed by atoms with Gasteiger partial charge in [-0.1, -0.05) is 37.3 Å². The molecule has 0 radical (unpaired) electrons. The van der Waals surface area contributed by atoms with Crippen LogP contribution in [0.2, 0.25) is 0 Å². The van der Waals surface area contributed by atoms with Crippen LogP contribution in [0.3, 0.4) is 0 Å². The highest BCUT2D eigenvalue weighted by molar-refractivity contribution is 5.67. The minimum atomic E-state index is -1.08. The zero-order chi connectivity index (χ0) is 9.84. The lowest BCUT2D eigenvalue weighted by Crippen LogP contribution is -2.02. The van der Waals surface area contributed by atoms with Crippen molar-refractivity contribution in [2.75, 3.05) is 0 Å². The van der Waals surface area contributed by atoms with Crippen LogP contribution in [0.5, 0.6) is 0 Å². The van der Waals surface area contributed by atoms with Gasteiger partial charge in [0.25, 0.3) is 0 Å². The van der Waals surface area contributed by atoms with Gasteiger partial charge < -0.3 is 5.11 Å². The average Bonchev–Trinajstić information content (AvgIpc) is 2.17. The molecule has 0 bridgehead atoms. The van der Waals surface area contributed by atoms with Gasteiger partial charge in [0.2, 0.25) is 0 Å². The molecule has 1 aromatic rings. The summed E-state index contributed by atoms with van der Waals surface area (Å²) in [5, 5.41) is 8.63. The predicted octanol–water partition coefficient (Wildman–Crippen LogP) is 2.26. The highest BCUT2D eigenvalue weighted by atomic mass is 16.4. The number of benzene rings is 1. The molecule has 2 heteroatoms. The van der Waals surface area contributed by atoms with E-state index >= 15 is 0 Å². The Morgan fingerprint density at radius 2 is 2.17 bits per heavy atom. The lowest BCUT2D eigenvalue weighted by atomic mass is 10.2. The molecule has 0 aliphatic heterocycles. The summed E-state index contributed by atoms with van der Waals surface area (Å²) >= 11 is 0. The molecule has 0 saturated carbocycles. The smallest absolute Gasteiger partial charge is 0.303 e. The maximum absolute atomic E-state index is 10.5. The molecular formula is C10H12O2. The van der Waals surface area contributed by atoms with Gasteiger partial charge in [0.05, 0.1) is 6.40 Å². The summed E-state index contributed by atoms with van der Waals surface area (Å²) in [7, 11) is 0. The van der Waals surface area contributed by atoms with Crippen molar-refractivity contribution in [1.82, 2.24) is 0 Å². The number of hydrogen-bond acceptors (Lipinski definition) is 1. The average molecular weight is 166 g/mol. The molecule has 1 aromatic carbocycles. The fraction of sp³-hybridized carbons (Fsp3) is 0.300. The largest absolute Gasteiger partial charge is 0.481 e. The number of aliphatic carboxylic acids is 1. The van der Waals surface area contributed by atoms with Gasteiger partial charge in [0.1, 0.15) is 0 Å². The molecule has 2 nitrogen and oxygen atoms in total. The molecule has 12 heavy (non-hydrogen) atoms. The Hall–Kier alpha value is -1.31. The Bertz CT molecular complexity index is 284. The van der Waals surface area contributed by atoms with Gasteiger partial charge in [-0.3, -0.25) is 4.79 Å². The van der Waals surface area contributed by atoms with Crippen LogP contribution in [-0.4, -0.2) is 11.1 Å². The Morgan fingerprint density at radius 3 is 2.67 bits per heavy atom. The third-order valence-corrected chi connectivity index (χ3v) is 1.72. The van der Waals surface area contributed by atoms with Crippen molar-refractivity contribution in [3.63, 3.8) is 0 Å². The number of carboxylic acid groups (broad SMARTS) is 1. The van der Waals surface area contributed by atoms with Gasteiger partial charge in [-0.2, -0.15) is 0 Å². The quantitative estimate of drug-likeness (QED) is 0.699. The van der Waals surface area contributed by atoms with Crippen molar-refractivity contribution < 1.29 is 11.3 Å². The van der Waals surface area contributed by atoms with E-state index in [0.29, 0.717) is 0 Å². The lowest BCUT2D eigenvalue weighted by Gasteiger charge is -2.07. The fourth-order valence-corrected chi connectivity index (χ4v) is 1.07. The molecule has 0 amide bonds. The Labute approximate surface area is 73.3 Å². The van der Waals surface area contributed by atoms with Crippen molar-refractivity contribution in [3.8, 4) is 0 Å². The second-order valence-corrected chi connectivity index (χ2v) is 2.70. The van der Waals surface area contributed by atoms with E-state index in [1.165, 1.54) is 0 Å². The summed E-state index contributed by atoms with van der Waals surface area (Å²) in [6.45, 7) is 1.75. The minimum Gasteiger partial charge on any atom is -0.481 e. The Kier molecular flexibility index (Phi) is 2.39. The van der Waals surface area contributed by atoms with Crippen LogP contribution < -0.4 is 0 Å². The number of hydrogen-bond donors (Lipinski definition) is 1. The van der Waals surface area contributed by atoms with Gasteiger partial charge in [0, 0.05) is 1.37 Å². The zero-order valence-corrected chi connectivity index (χ0v) is 6.90. The van der Waals surface area contributed by atoms with Crippen LogP contribution in [0.1, 0.15) is 26.2 Å². The summed E-state index contributed by atoms with van der Waals surface area (Å²) < 4.78 is 7.37. The van der Waals surface area contributed by atoms with E-state index in [2.05, 4.69) is 0 Å². The van der Waals surface area contributed by atoms with Crippen molar-refractivity contribution in [3.05, 3.63) is 35.9 Å². The molecule has 1 rings (SSSR count). The molecule has 64 valence electrons. The zero-order valence-electron chi connectivity index (χ0n) is 7.90. The molecule has 0 aromatic heterocycles. The van der Waals surface area contributed by atoms with E-state index in [9.17, 15) is 4.79 Å². The molecule has 0 saturated heterocycles. The van der Waals surface area contributed by atoms with Gasteiger partial charge in [-0.05, 0) is 11.5 Å². The molecule has 1 N–H and O–H groups in total. The van der Waals surface area contributed by atoms with Crippen LogP contribution in [0, 0.1) is 0 Å². The summed E-state index contributed by atoms with van der Waals surface area (Å²) in [6.07, 6.45) is -1.08. The minimum absolute atomic E-state index is 0.265. The third kappa shape index (κ3) is 2.38. The normalized spacial score (nSPS) is 16.2. The van der Waals surface area contributed by atoms with E-state index in [4.69, 9.17) is 6.48 Å².